The lowest BCUT2D eigenvalue weighted by atomic mass is 10.0. The van der Waals surface area contributed by atoms with Crippen molar-refractivity contribution in [1.82, 2.24) is 19.1 Å². The van der Waals surface area contributed by atoms with Crippen molar-refractivity contribution >= 4 is 43.6 Å². The van der Waals surface area contributed by atoms with Gasteiger partial charge >= 0.3 is 0 Å². The first-order chi connectivity index (χ1) is 24.8. The molecule has 7 aromatic carbocycles. The highest BCUT2D eigenvalue weighted by molar-refractivity contribution is 6.28. The smallest absolute Gasteiger partial charge is 0.162 e. The van der Waals surface area contributed by atoms with Crippen LogP contribution in [0.4, 0.5) is 0 Å². The molecule has 0 saturated heterocycles. The normalized spacial score (nSPS) is 11.6. The van der Waals surface area contributed by atoms with Gasteiger partial charge in [0.1, 0.15) is 5.82 Å². The van der Waals surface area contributed by atoms with E-state index in [0.29, 0.717) is 5.82 Å². The van der Waals surface area contributed by atoms with Gasteiger partial charge in [0.25, 0.3) is 0 Å². The molecule has 3 aromatic heterocycles. The highest BCUT2D eigenvalue weighted by atomic mass is 15.1. The van der Waals surface area contributed by atoms with Crippen LogP contribution in [-0.2, 0) is 0 Å². The molecular formula is C46H30N4. The van der Waals surface area contributed by atoms with Crippen LogP contribution in [0.15, 0.2) is 182 Å². The van der Waals surface area contributed by atoms with E-state index in [-0.39, 0.29) is 0 Å². The van der Waals surface area contributed by atoms with E-state index in [1.807, 2.05) is 12.1 Å². The van der Waals surface area contributed by atoms with E-state index in [1.165, 1.54) is 32.6 Å². The third-order valence-electron chi connectivity index (χ3n) is 9.73. The Morgan fingerprint density at radius 1 is 0.340 bits per heavy atom. The van der Waals surface area contributed by atoms with Gasteiger partial charge < -0.3 is 4.57 Å². The summed E-state index contributed by atoms with van der Waals surface area (Å²) in [7, 11) is 0. The van der Waals surface area contributed by atoms with E-state index in [9.17, 15) is 0 Å². The Balaban J connectivity index is 1.28. The Morgan fingerprint density at radius 3 is 1.54 bits per heavy atom. The highest BCUT2D eigenvalue weighted by Crippen LogP contribution is 2.42. The molecule has 0 aliphatic rings. The highest BCUT2D eigenvalue weighted by Gasteiger charge is 2.21. The van der Waals surface area contributed by atoms with Gasteiger partial charge in [-0.3, -0.25) is 4.57 Å². The third kappa shape index (κ3) is 4.46. The molecule has 4 nitrogen and oxygen atoms in total. The van der Waals surface area contributed by atoms with Crippen LogP contribution in [0.2, 0.25) is 0 Å². The summed E-state index contributed by atoms with van der Waals surface area (Å²) in [4.78, 5) is 10.5. The van der Waals surface area contributed by atoms with Crippen LogP contribution in [0.1, 0.15) is 0 Å². The van der Waals surface area contributed by atoms with E-state index in [2.05, 4.69) is 179 Å². The Morgan fingerprint density at radius 2 is 0.860 bits per heavy atom. The van der Waals surface area contributed by atoms with Crippen molar-refractivity contribution in [3.05, 3.63) is 182 Å². The molecule has 0 fully saturated rings. The molecule has 234 valence electrons. The van der Waals surface area contributed by atoms with Crippen LogP contribution in [0.25, 0.3) is 88.9 Å². The van der Waals surface area contributed by atoms with Crippen LogP contribution in [0.3, 0.4) is 0 Å². The van der Waals surface area contributed by atoms with E-state index in [1.54, 1.807) is 0 Å². The number of aromatic nitrogens is 4. The second kappa shape index (κ2) is 11.4. The van der Waals surface area contributed by atoms with Gasteiger partial charge in [-0.05, 0) is 53.6 Å². The van der Waals surface area contributed by atoms with Crippen LogP contribution in [0, 0.1) is 0 Å². The topological polar surface area (TPSA) is 35.6 Å². The molecule has 4 heteroatoms. The maximum atomic E-state index is 5.35. The molecule has 50 heavy (non-hydrogen) atoms. The number of fused-ring (bicyclic) bond motifs is 7. The number of nitrogens with zero attached hydrogens (tertiary/aromatic N) is 4. The Kier molecular flexibility index (Phi) is 6.46. The van der Waals surface area contributed by atoms with E-state index < -0.39 is 0 Å². The fraction of sp³-hybridized carbons (Fsp3) is 0. The molecule has 0 aliphatic heterocycles. The minimum atomic E-state index is 0.687. The molecule has 0 radical (unpaired) electrons. The van der Waals surface area contributed by atoms with E-state index >= 15 is 0 Å². The molecule has 0 spiro atoms. The van der Waals surface area contributed by atoms with Crippen LogP contribution < -0.4 is 0 Å². The number of benzene rings is 7. The van der Waals surface area contributed by atoms with Crippen LogP contribution in [0.5, 0.6) is 0 Å². The first-order valence-corrected chi connectivity index (χ1v) is 16.9. The predicted octanol–water partition coefficient (Wildman–Crippen LogP) is 11.7. The van der Waals surface area contributed by atoms with Crippen molar-refractivity contribution in [1.29, 1.82) is 0 Å². The fourth-order valence-corrected chi connectivity index (χ4v) is 7.52. The lowest BCUT2D eigenvalue weighted by Crippen LogP contribution is -2.02. The zero-order valence-electron chi connectivity index (χ0n) is 27.1. The van der Waals surface area contributed by atoms with Gasteiger partial charge in [0.05, 0.1) is 27.8 Å². The standard InChI is InChI=1S/C46H30N4/c1-4-15-31(16-5-1)33-19-14-20-34(29-33)46-47-38(32-17-6-2-7-18-32)30-43(48-46)50-40-26-13-11-24-37(40)45-42(50)28-27-41-44(45)36-23-10-12-25-39(36)49(41)35-21-8-3-9-22-35/h1-30H. The molecule has 0 amide bonds. The Hall–Kier alpha value is -6.78. The van der Waals surface area contributed by atoms with Crippen molar-refractivity contribution in [2.45, 2.75) is 0 Å². The quantitative estimate of drug-likeness (QED) is 0.188. The van der Waals surface area contributed by atoms with Crippen LogP contribution >= 0.6 is 0 Å². The number of hydrogen-bond acceptors (Lipinski definition) is 2. The molecule has 0 aliphatic carbocycles. The predicted molar refractivity (Wildman–Crippen MR) is 207 cm³/mol. The zero-order chi connectivity index (χ0) is 33.0. The largest absolute Gasteiger partial charge is 0.309 e. The van der Waals surface area contributed by atoms with Gasteiger partial charge in [-0.1, -0.05) is 133 Å². The lowest BCUT2D eigenvalue weighted by molar-refractivity contribution is 1.05. The average molecular weight is 639 g/mol. The summed E-state index contributed by atoms with van der Waals surface area (Å²) in [5.74, 6) is 1.52. The Bertz CT molecular complexity index is 2850. The van der Waals surface area contributed by atoms with Crippen molar-refractivity contribution in [2.24, 2.45) is 0 Å². The molecule has 0 atom stereocenters. The second-order valence-electron chi connectivity index (χ2n) is 12.6. The SMILES string of the molecule is c1ccc(-c2cccc(-c3nc(-c4ccccc4)cc(-n4c5ccccc5c5c6c7ccccc7n(-c7ccccc7)c6ccc54)n3)c2)cc1. The van der Waals surface area contributed by atoms with Gasteiger partial charge in [-0.25, -0.2) is 9.97 Å². The molecule has 0 N–H and O–H groups in total. The van der Waals surface area contributed by atoms with Crippen molar-refractivity contribution in [2.75, 3.05) is 0 Å². The van der Waals surface area contributed by atoms with Gasteiger partial charge in [0.15, 0.2) is 5.82 Å². The van der Waals surface area contributed by atoms with Crippen molar-refractivity contribution in [3.63, 3.8) is 0 Å². The molecule has 10 aromatic rings. The summed E-state index contributed by atoms with van der Waals surface area (Å²) < 4.78 is 4.70. The first kappa shape index (κ1) is 28.3. The van der Waals surface area contributed by atoms with Gasteiger partial charge in [0.2, 0.25) is 0 Å². The summed E-state index contributed by atoms with van der Waals surface area (Å²) in [6, 6.07) is 64.1. The van der Waals surface area contributed by atoms with E-state index in [0.717, 1.165) is 50.5 Å². The maximum absolute atomic E-state index is 5.35. The minimum Gasteiger partial charge on any atom is -0.309 e. The maximum Gasteiger partial charge on any atom is 0.162 e. The molecule has 10 rings (SSSR count). The zero-order valence-corrected chi connectivity index (χ0v) is 27.1. The van der Waals surface area contributed by atoms with E-state index in [4.69, 9.17) is 9.97 Å². The summed E-state index contributed by atoms with van der Waals surface area (Å²) in [5, 5.41) is 4.88. The molecule has 0 saturated carbocycles. The van der Waals surface area contributed by atoms with Gasteiger partial charge in [-0.15, -0.1) is 0 Å². The summed E-state index contributed by atoms with van der Waals surface area (Å²) in [6.07, 6.45) is 0. The molecular weight excluding hydrogens is 609 g/mol. The monoisotopic (exact) mass is 638 g/mol. The lowest BCUT2D eigenvalue weighted by Gasteiger charge is -2.13. The minimum absolute atomic E-state index is 0.687. The van der Waals surface area contributed by atoms with Gasteiger partial charge in [-0.2, -0.15) is 0 Å². The first-order valence-electron chi connectivity index (χ1n) is 16.9. The fourth-order valence-electron chi connectivity index (χ4n) is 7.52. The average Bonchev–Trinajstić information content (AvgIpc) is 3.72. The third-order valence-corrected chi connectivity index (χ3v) is 9.73. The van der Waals surface area contributed by atoms with Gasteiger partial charge in [0, 0.05) is 44.4 Å². The number of rotatable bonds is 5. The molecule has 0 unspecified atom stereocenters. The Labute approximate surface area is 289 Å². The molecule has 0 bridgehead atoms. The summed E-state index contributed by atoms with van der Waals surface area (Å²) in [6.45, 7) is 0. The van der Waals surface area contributed by atoms with Crippen LogP contribution in [-0.4, -0.2) is 19.1 Å². The van der Waals surface area contributed by atoms with Crippen molar-refractivity contribution in [3.8, 4) is 45.3 Å². The number of para-hydroxylation sites is 3. The second-order valence-corrected chi connectivity index (χ2v) is 12.6. The number of hydrogen-bond donors (Lipinski definition) is 0. The summed E-state index contributed by atoms with van der Waals surface area (Å²) in [5.41, 5.74) is 10.9. The summed E-state index contributed by atoms with van der Waals surface area (Å²) >= 11 is 0. The van der Waals surface area contributed by atoms with Crippen molar-refractivity contribution < 1.29 is 0 Å². The molecule has 3 heterocycles.